The molecule has 3 rings (SSSR count). The van der Waals surface area contributed by atoms with Crippen molar-refractivity contribution in [2.75, 3.05) is 44.3 Å². The van der Waals surface area contributed by atoms with Crippen molar-refractivity contribution in [2.24, 2.45) is 0 Å². The molecule has 0 amide bonds. The van der Waals surface area contributed by atoms with Crippen LogP contribution in [0, 0.1) is 12.3 Å². The Morgan fingerprint density at radius 1 is 1.22 bits per heavy atom. The number of anilines is 1. The Morgan fingerprint density at radius 3 is 2.50 bits per heavy atom. The molecule has 0 N–H and O–H groups in total. The topological polar surface area (TPSA) is 28.6 Å². The molecule has 2 aliphatic rings. The van der Waals surface area contributed by atoms with E-state index < -0.39 is 0 Å². The third-order valence-electron chi connectivity index (χ3n) is 3.69. The molecule has 1 aromatic rings. The van der Waals surface area contributed by atoms with Gasteiger partial charge in [0.15, 0.2) is 0 Å². The highest BCUT2D eigenvalue weighted by atomic mass is 16.5. The Bertz CT molecular complexity index is 439. The van der Waals surface area contributed by atoms with Crippen LogP contribution in [-0.2, 0) is 4.74 Å². The van der Waals surface area contributed by atoms with Gasteiger partial charge in [-0.05, 0) is 12.1 Å². The van der Waals surface area contributed by atoms with Gasteiger partial charge in [0.1, 0.15) is 5.82 Å². The van der Waals surface area contributed by atoms with Gasteiger partial charge in [0.2, 0.25) is 0 Å². The maximum atomic E-state index is 5.33. The quantitative estimate of drug-likeness (QED) is 0.711. The Labute approximate surface area is 108 Å². The summed E-state index contributed by atoms with van der Waals surface area (Å²) in [5.41, 5.74) is 0.837. The van der Waals surface area contributed by atoms with E-state index in [1.54, 1.807) is 6.20 Å². The monoisotopic (exact) mass is 243 g/mol. The molecule has 1 aromatic heterocycles. The smallest absolute Gasteiger partial charge is 0.128 e. The van der Waals surface area contributed by atoms with E-state index in [0.717, 1.165) is 50.8 Å². The highest BCUT2D eigenvalue weighted by Gasteiger charge is 2.28. The van der Waals surface area contributed by atoms with Gasteiger partial charge >= 0.3 is 0 Å². The molecular weight excluding hydrogens is 226 g/mol. The van der Waals surface area contributed by atoms with Gasteiger partial charge < -0.3 is 9.64 Å². The molecular formula is C14H17N3O. The van der Waals surface area contributed by atoms with E-state index in [-0.39, 0.29) is 0 Å². The molecule has 0 aliphatic carbocycles. The largest absolute Gasteiger partial charge is 0.378 e. The summed E-state index contributed by atoms with van der Waals surface area (Å²) in [4.78, 5) is 9.24. The van der Waals surface area contributed by atoms with Crippen molar-refractivity contribution in [1.29, 1.82) is 0 Å². The average Bonchev–Trinajstić information content (AvgIpc) is 2.38. The minimum absolute atomic E-state index is 0.643. The van der Waals surface area contributed by atoms with Gasteiger partial charge in [-0.2, -0.15) is 0 Å². The molecule has 4 nitrogen and oxygen atoms in total. The number of hydrogen-bond donors (Lipinski definition) is 0. The summed E-state index contributed by atoms with van der Waals surface area (Å²) in [6, 6.07) is 4.61. The highest BCUT2D eigenvalue weighted by molar-refractivity contribution is 5.43. The van der Waals surface area contributed by atoms with Crippen LogP contribution in [0.5, 0.6) is 0 Å². The molecule has 4 heteroatoms. The van der Waals surface area contributed by atoms with Crippen molar-refractivity contribution in [3.05, 3.63) is 23.9 Å². The van der Waals surface area contributed by atoms with E-state index in [1.807, 2.05) is 12.1 Å². The first kappa shape index (κ1) is 11.5. The first-order chi connectivity index (χ1) is 8.86. The first-order valence-corrected chi connectivity index (χ1v) is 6.36. The molecule has 0 radical (unpaired) electrons. The number of ether oxygens (including phenoxy) is 1. The van der Waals surface area contributed by atoms with Crippen LogP contribution in [0.2, 0.25) is 0 Å². The Kier molecular flexibility index (Phi) is 3.18. The van der Waals surface area contributed by atoms with Crippen molar-refractivity contribution < 1.29 is 4.74 Å². The van der Waals surface area contributed by atoms with E-state index in [1.165, 1.54) is 0 Å². The molecule has 0 atom stereocenters. The zero-order valence-electron chi connectivity index (χ0n) is 10.4. The summed E-state index contributed by atoms with van der Waals surface area (Å²) in [7, 11) is 0. The maximum Gasteiger partial charge on any atom is 0.128 e. The maximum absolute atomic E-state index is 5.33. The molecule has 0 aromatic carbocycles. The van der Waals surface area contributed by atoms with Crippen LogP contribution in [0.1, 0.15) is 5.56 Å². The van der Waals surface area contributed by atoms with Crippen LogP contribution in [0.3, 0.4) is 0 Å². The molecule has 18 heavy (non-hydrogen) atoms. The van der Waals surface area contributed by atoms with E-state index in [9.17, 15) is 0 Å². The van der Waals surface area contributed by atoms with Gasteiger partial charge in [0.05, 0.1) is 19.3 Å². The molecule has 2 aliphatic heterocycles. The SMILES string of the molecule is C#Cc1ccc(N2CCN(C3COC3)CC2)nc1. The predicted octanol–water partition coefficient (Wildman–Crippen LogP) is 0.584. The molecule has 0 unspecified atom stereocenters. The molecule has 3 heterocycles. The number of nitrogens with zero attached hydrogens (tertiary/aromatic N) is 3. The van der Waals surface area contributed by atoms with E-state index in [4.69, 9.17) is 11.2 Å². The summed E-state index contributed by atoms with van der Waals surface area (Å²) < 4.78 is 5.24. The summed E-state index contributed by atoms with van der Waals surface area (Å²) in [5, 5.41) is 0. The highest BCUT2D eigenvalue weighted by Crippen LogP contribution is 2.17. The van der Waals surface area contributed by atoms with Crippen molar-refractivity contribution in [3.8, 4) is 12.3 Å². The van der Waals surface area contributed by atoms with E-state index >= 15 is 0 Å². The first-order valence-electron chi connectivity index (χ1n) is 6.36. The van der Waals surface area contributed by atoms with E-state index in [2.05, 4.69) is 20.7 Å². The van der Waals surface area contributed by atoms with Crippen molar-refractivity contribution in [1.82, 2.24) is 9.88 Å². The normalized spacial score (nSPS) is 21.4. The fraction of sp³-hybridized carbons (Fsp3) is 0.500. The number of rotatable bonds is 2. The molecule has 0 saturated carbocycles. The fourth-order valence-electron chi connectivity index (χ4n) is 2.41. The second-order valence-corrected chi connectivity index (χ2v) is 4.76. The lowest BCUT2D eigenvalue weighted by molar-refractivity contribution is -0.0661. The standard InChI is InChI=1S/C14H17N3O/c1-2-12-3-4-14(15-9-12)17-7-5-16(6-8-17)13-10-18-11-13/h1,3-4,9,13H,5-8,10-11H2. The number of aromatic nitrogens is 1. The van der Waals surface area contributed by atoms with Crippen molar-refractivity contribution >= 4 is 5.82 Å². The summed E-state index contributed by atoms with van der Waals surface area (Å²) in [5.74, 6) is 3.62. The number of piperazine rings is 1. The molecule has 94 valence electrons. The Balaban J connectivity index is 1.59. The molecule has 0 spiro atoms. The van der Waals surface area contributed by atoms with Gasteiger partial charge in [0.25, 0.3) is 0 Å². The number of hydrogen-bond acceptors (Lipinski definition) is 4. The van der Waals surface area contributed by atoms with Crippen LogP contribution in [0.15, 0.2) is 18.3 Å². The third kappa shape index (κ3) is 2.20. The van der Waals surface area contributed by atoms with Gasteiger partial charge in [-0.25, -0.2) is 4.98 Å². The van der Waals surface area contributed by atoms with Gasteiger partial charge in [-0.15, -0.1) is 6.42 Å². The average molecular weight is 243 g/mol. The van der Waals surface area contributed by atoms with Crippen LogP contribution >= 0.6 is 0 Å². The number of terminal acetylenes is 1. The minimum Gasteiger partial charge on any atom is -0.378 e. The summed E-state index contributed by atoms with van der Waals surface area (Å²) in [6.07, 6.45) is 7.09. The zero-order chi connectivity index (χ0) is 12.4. The van der Waals surface area contributed by atoms with Crippen LogP contribution < -0.4 is 4.90 Å². The lowest BCUT2D eigenvalue weighted by atomic mass is 10.2. The van der Waals surface area contributed by atoms with Gasteiger partial charge in [-0.1, -0.05) is 5.92 Å². The molecule has 0 bridgehead atoms. The molecule has 2 saturated heterocycles. The summed E-state index contributed by atoms with van der Waals surface area (Å²) in [6.45, 7) is 6.03. The summed E-state index contributed by atoms with van der Waals surface area (Å²) >= 11 is 0. The van der Waals surface area contributed by atoms with Crippen LogP contribution in [-0.4, -0.2) is 55.3 Å². The number of pyridine rings is 1. The van der Waals surface area contributed by atoms with Crippen molar-refractivity contribution in [2.45, 2.75) is 6.04 Å². The van der Waals surface area contributed by atoms with Crippen LogP contribution in [0.4, 0.5) is 5.82 Å². The predicted molar refractivity (Wildman–Crippen MR) is 70.6 cm³/mol. The van der Waals surface area contributed by atoms with Gasteiger partial charge in [0, 0.05) is 37.9 Å². The minimum atomic E-state index is 0.643. The lowest BCUT2D eigenvalue weighted by Gasteiger charge is -2.42. The zero-order valence-corrected chi connectivity index (χ0v) is 10.4. The second-order valence-electron chi connectivity index (χ2n) is 4.76. The van der Waals surface area contributed by atoms with E-state index in [0.29, 0.717) is 6.04 Å². The molecule has 2 fully saturated rings. The lowest BCUT2D eigenvalue weighted by Crippen LogP contribution is -2.56. The van der Waals surface area contributed by atoms with Crippen molar-refractivity contribution in [3.63, 3.8) is 0 Å². The van der Waals surface area contributed by atoms with Gasteiger partial charge in [-0.3, -0.25) is 4.90 Å². The Hall–Kier alpha value is -1.57. The van der Waals surface area contributed by atoms with Crippen LogP contribution in [0.25, 0.3) is 0 Å². The fourth-order valence-corrected chi connectivity index (χ4v) is 2.41. The second kappa shape index (κ2) is 4.97. The third-order valence-corrected chi connectivity index (χ3v) is 3.69. The Morgan fingerprint density at radius 2 is 2.00 bits per heavy atom.